The number of carbonyl (C=O) groups excluding carboxylic acids is 5. The van der Waals surface area contributed by atoms with E-state index in [-0.39, 0.29) is 44.1 Å². The van der Waals surface area contributed by atoms with Gasteiger partial charge in [-0.1, -0.05) is 56.7 Å². The number of H-pyrrole nitrogens is 1. The Balaban J connectivity index is 1.58. The first kappa shape index (κ1) is 36.5. The number of anilines is 1. The van der Waals surface area contributed by atoms with Crippen LogP contribution in [0.1, 0.15) is 70.7 Å². The van der Waals surface area contributed by atoms with Crippen LogP contribution in [-0.2, 0) is 48.2 Å². The molecule has 15 heteroatoms. The van der Waals surface area contributed by atoms with Gasteiger partial charge in [-0.15, -0.1) is 0 Å². The third-order valence-corrected chi connectivity index (χ3v) is 7.93. The van der Waals surface area contributed by atoms with E-state index in [9.17, 15) is 24.0 Å². The van der Waals surface area contributed by atoms with Crippen molar-refractivity contribution in [1.29, 1.82) is 0 Å². The average molecular weight is 677 g/mol. The summed E-state index contributed by atoms with van der Waals surface area (Å²) < 4.78 is 10.8. The third-order valence-electron chi connectivity index (χ3n) is 7.93. The molecule has 0 saturated heterocycles. The Morgan fingerprint density at radius 1 is 1.06 bits per heavy atom. The van der Waals surface area contributed by atoms with Crippen LogP contribution in [0, 0.1) is 5.92 Å². The number of aromatic amines is 1. The molecule has 1 aliphatic heterocycles. The van der Waals surface area contributed by atoms with Crippen molar-refractivity contribution < 1.29 is 33.4 Å². The second-order valence-electron chi connectivity index (χ2n) is 12.8. The van der Waals surface area contributed by atoms with E-state index in [1.807, 2.05) is 37.3 Å². The molecule has 262 valence electrons. The summed E-state index contributed by atoms with van der Waals surface area (Å²) in [5.41, 5.74) is 1.14. The van der Waals surface area contributed by atoms with Crippen molar-refractivity contribution in [3.05, 3.63) is 71.7 Å². The maximum absolute atomic E-state index is 14.5. The van der Waals surface area contributed by atoms with E-state index in [0.29, 0.717) is 17.7 Å². The molecule has 2 aromatic heterocycles. The van der Waals surface area contributed by atoms with Crippen LogP contribution in [0.15, 0.2) is 54.9 Å². The summed E-state index contributed by atoms with van der Waals surface area (Å²) in [5, 5.41) is 18.4. The monoisotopic (exact) mass is 676 g/mol. The number of amides is 4. The second kappa shape index (κ2) is 16.7. The molecule has 0 bridgehead atoms. The van der Waals surface area contributed by atoms with E-state index < -0.39 is 53.5 Å². The number of fused-ring (bicyclic) bond motifs is 1. The van der Waals surface area contributed by atoms with Crippen LogP contribution in [0.2, 0.25) is 0 Å². The molecule has 4 atom stereocenters. The zero-order valence-corrected chi connectivity index (χ0v) is 28.4. The third kappa shape index (κ3) is 10.3. The van der Waals surface area contributed by atoms with E-state index in [1.54, 1.807) is 39.8 Å². The number of esters is 1. The maximum atomic E-state index is 14.5. The molecule has 49 heavy (non-hydrogen) atoms. The summed E-state index contributed by atoms with van der Waals surface area (Å²) in [4.78, 5) is 73.0. The Morgan fingerprint density at radius 3 is 2.49 bits per heavy atom. The van der Waals surface area contributed by atoms with Crippen molar-refractivity contribution >= 4 is 35.6 Å². The van der Waals surface area contributed by atoms with Gasteiger partial charge in [-0.05, 0) is 50.3 Å². The van der Waals surface area contributed by atoms with Gasteiger partial charge in [-0.2, -0.15) is 15.4 Å². The van der Waals surface area contributed by atoms with Gasteiger partial charge < -0.3 is 25.4 Å². The molecule has 1 aliphatic rings. The molecule has 15 nitrogen and oxygen atoms in total. The fraction of sp³-hybridized carbons (Fsp3) is 0.471. The van der Waals surface area contributed by atoms with Crippen molar-refractivity contribution in [2.75, 3.05) is 4.90 Å². The van der Waals surface area contributed by atoms with Gasteiger partial charge in [-0.25, -0.2) is 9.78 Å². The van der Waals surface area contributed by atoms with Gasteiger partial charge >= 0.3 is 12.1 Å². The summed E-state index contributed by atoms with van der Waals surface area (Å²) in [6.45, 7) is 8.87. The second-order valence-corrected chi connectivity index (χ2v) is 12.8. The minimum atomic E-state index is -1.29. The predicted molar refractivity (Wildman–Crippen MR) is 177 cm³/mol. The molecule has 1 aromatic carbocycles. The summed E-state index contributed by atoms with van der Waals surface area (Å²) in [5.74, 6) is -2.42. The highest BCUT2D eigenvalue weighted by Crippen LogP contribution is 2.31. The molecule has 3 aromatic rings. The summed E-state index contributed by atoms with van der Waals surface area (Å²) >= 11 is 0. The lowest BCUT2D eigenvalue weighted by Gasteiger charge is -2.31. The van der Waals surface area contributed by atoms with Crippen molar-refractivity contribution in [3.8, 4) is 0 Å². The Labute approximate surface area is 284 Å². The molecule has 0 aliphatic carbocycles. The molecule has 0 fully saturated rings. The smallest absolute Gasteiger partial charge is 0.408 e. The number of alkyl carbamates (subject to hydrolysis) is 1. The van der Waals surface area contributed by atoms with Crippen molar-refractivity contribution in [2.24, 2.45) is 5.92 Å². The SMILES string of the molecule is CC[C@H](C)[C@H](NC(=O)OC(C)(C)C)C(=O)N[C@@H](CCC(=O)OCc1ccccc1)C(=O)N1c2ncccc2C[C@H]1C(=O)NCc1cn[nH]n1. The minimum absolute atomic E-state index is 0.0394. The van der Waals surface area contributed by atoms with Gasteiger partial charge in [0.15, 0.2) is 0 Å². The number of aromatic nitrogens is 4. The quantitative estimate of drug-likeness (QED) is 0.184. The lowest BCUT2D eigenvalue weighted by molar-refractivity contribution is -0.145. The van der Waals surface area contributed by atoms with Gasteiger partial charge in [0.1, 0.15) is 41.8 Å². The van der Waals surface area contributed by atoms with Crippen LogP contribution in [0.3, 0.4) is 0 Å². The van der Waals surface area contributed by atoms with Crippen LogP contribution < -0.4 is 20.9 Å². The summed E-state index contributed by atoms with van der Waals surface area (Å²) in [6, 6.07) is 9.26. The topological polar surface area (TPSA) is 198 Å². The van der Waals surface area contributed by atoms with E-state index in [1.165, 1.54) is 17.3 Å². The first-order chi connectivity index (χ1) is 23.4. The minimum Gasteiger partial charge on any atom is -0.461 e. The van der Waals surface area contributed by atoms with Gasteiger partial charge in [0, 0.05) is 19.0 Å². The largest absolute Gasteiger partial charge is 0.461 e. The number of pyridine rings is 1. The molecule has 0 saturated carbocycles. The van der Waals surface area contributed by atoms with Gasteiger partial charge in [0.2, 0.25) is 11.8 Å². The van der Waals surface area contributed by atoms with Crippen LogP contribution >= 0.6 is 0 Å². The number of carbonyl (C=O) groups is 5. The molecule has 4 N–H and O–H groups in total. The first-order valence-electron chi connectivity index (χ1n) is 16.2. The molecule has 4 amide bonds. The molecular formula is C34H44N8O7. The van der Waals surface area contributed by atoms with Crippen molar-refractivity contribution in [1.82, 2.24) is 36.3 Å². The molecule has 0 radical (unpaired) electrons. The lowest BCUT2D eigenvalue weighted by Crippen LogP contribution is -2.59. The van der Waals surface area contributed by atoms with Crippen molar-refractivity contribution in [3.63, 3.8) is 0 Å². The molecule has 3 heterocycles. The number of nitrogens with one attached hydrogen (secondary N) is 4. The Kier molecular flexibility index (Phi) is 12.4. The Hall–Kier alpha value is -5.34. The number of ether oxygens (including phenoxy) is 2. The van der Waals surface area contributed by atoms with Gasteiger partial charge in [0.05, 0.1) is 12.7 Å². The standard InChI is InChI=1S/C34H44N8O7/c1-6-21(2)28(39-33(47)49-34(3,4)5)31(45)38-25(14-15-27(43)48-20-22-11-8-7-9-12-22)32(46)42-26(17-23-13-10-16-35-29(23)42)30(44)36-18-24-19-37-41-40-24/h7-13,16,19,21,25-26,28H,6,14-15,17-18,20H2,1-5H3,(H,36,44)(H,38,45)(H,39,47)(H,37,40,41)/t21-,25-,26-,28-/m0/s1. The Bertz CT molecular complexity index is 1590. The Morgan fingerprint density at radius 2 is 1.82 bits per heavy atom. The van der Waals surface area contributed by atoms with E-state index >= 15 is 0 Å². The highest BCUT2D eigenvalue weighted by atomic mass is 16.6. The molecule has 4 rings (SSSR count). The predicted octanol–water partition coefficient (Wildman–Crippen LogP) is 2.72. The number of benzene rings is 1. The lowest BCUT2D eigenvalue weighted by atomic mass is 9.97. The van der Waals surface area contributed by atoms with E-state index in [2.05, 4.69) is 36.3 Å². The van der Waals surface area contributed by atoms with Gasteiger partial charge in [-0.3, -0.25) is 24.1 Å². The van der Waals surface area contributed by atoms with Gasteiger partial charge in [0.25, 0.3) is 5.91 Å². The zero-order valence-electron chi connectivity index (χ0n) is 28.4. The number of hydrogen-bond acceptors (Lipinski definition) is 10. The fourth-order valence-electron chi connectivity index (χ4n) is 5.22. The number of hydrogen-bond donors (Lipinski definition) is 4. The first-order valence-corrected chi connectivity index (χ1v) is 16.2. The highest BCUT2D eigenvalue weighted by molar-refractivity contribution is 6.06. The highest BCUT2D eigenvalue weighted by Gasteiger charge is 2.43. The fourth-order valence-corrected chi connectivity index (χ4v) is 5.22. The molecule has 0 spiro atoms. The molecule has 0 unspecified atom stereocenters. The normalized spacial score (nSPS) is 15.7. The van der Waals surface area contributed by atoms with E-state index in [0.717, 1.165) is 5.56 Å². The van der Waals surface area contributed by atoms with E-state index in [4.69, 9.17) is 9.47 Å². The van der Waals surface area contributed by atoms with Crippen LogP contribution in [-0.4, -0.2) is 73.9 Å². The van der Waals surface area contributed by atoms with Crippen LogP contribution in [0.25, 0.3) is 0 Å². The maximum Gasteiger partial charge on any atom is 0.408 e. The summed E-state index contributed by atoms with van der Waals surface area (Å²) in [6.07, 6.45) is 2.52. The zero-order chi connectivity index (χ0) is 35.6. The number of nitrogens with zero attached hydrogens (tertiary/aromatic N) is 4. The number of rotatable bonds is 14. The van der Waals surface area contributed by atoms with Crippen molar-refractivity contribution in [2.45, 2.75) is 97.2 Å². The van der Waals surface area contributed by atoms with Crippen LogP contribution in [0.4, 0.5) is 10.6 Å². The average Bonchev–Trinajstić information content (AvgIpc) is 3.74. The van der Waals surface area contributed by atoms with Crippen LogP contribution in [0.5, 0.6) is 0 Å². The molecular weight excluding hydrogens is 632 g/mol. The summed E-state index contributed by atoms with van der Waals surface area (Å²) in [7, 11) is 0.